The maximum absolute atomic E-state index is 12.6. The zero-order chi connectivity index (χ0) is 23.8. The summed E-state index contributed by atoms with van der Waals surface area (Å²) in [5.41, 5.74) is 4.60. The van der Waals surface area contributed by atoms with Gasteiger partial charge in [-0.1, -0.05) is 68.3 Å². The number of carbonyl (C=O) groups excluding carboxylic acids is 2. The summed E-state index contributed by atoms with van der Waals surface area (Å²) in [6.07, 6.45) is 1.80. The second kappa shape index (κ2) is 11.5. The molecule has 0 radical (unpaired) electrons. The highest BCUT2D eigenvalue weighted by Gasteiger charge is 2.29. The minimum absolute atomic E-state index is 0.0302. The molecule has 1 aliphatic rings. The molecule has 2 amide bonds. The van der Waals surface area contributed by atoms with Crippen LogP contribution in [0.4, 0.5) is 4.79 Å². The summed E-state index contributed by atoms with van der Waals surface area (Å²) in [7, 11) is 0. The number of carboxylic acid groups (broad SMARTS) is 1. The van der Waals surface area contributed by atoms with Gasteiger partial charge in [-0.15, -0.1) is 0 Å². The Morgan fingerprint density at radius 1 is 0.970 bits per heavy atom. The van der Waals surface area contributed by atoms with E-state index in [4.69, 9.17) is 9.84 Å². The molecule has 2 atom stereocenters. The number of carboxylic acids is 1. The molecule has 0 saturated heterocycles. The van der Waals surface area contributed by atoms with Gasteiger partial charge in [-0.2, -0.15) is 0 Å². The number of amides is 2. The van der Waals surface area contributed by atoms with Gasteiger partial charge in [-0.05, 0) is 35.6 Å². The van der Waals surface area contributed by atoms with Crippen molar-refractivity contribution in [3.63, 3.8) is 0 Å². The lowest BCUT2D eigenvalue weighted by Crippen LogP contribution is -2.42. The van der Waals surface area contributed by atoms with Gasteiger partial charge < -0.3 is 20.5 Å². The Balaban J connectivity index is 1.58. The van der Waals surface area contributed by atoms with Crippen molar-refractivity contribution in [2.24, 2.45) is 0 Å². The molecule has 0 fully saturated rings. The van der Waals surface area contributed by atoms with Gasteiger partial charge >= 0.3 is 12.1 Å². The van der Waals surface area contributed by atoms with Gasteiger partial charge in [-0.25, -0.2) is 4.79 Å². The molecule has 7 nitrogen and oxygen atoms in total. The Labute approximate surface area is 194 Å². The van der Waals surface area contributed by atoms with Crippen LogP contribution in [0.2, 0.25) is 0 Å². The number of carbonyl (C=O) groups is 3. The molecule has 3 N–H and O–H groups in total. The monoisotopic (exact) mass is 452 g/mol. The zero-order valence-corrected chi connectivity index (χ0v) is 19.2. The first kappa shape index (κ1) is 24.3. The standard InChI is InChI=1S/C26H32N2O5/c1-3-4-9-18(15-24(29)27-17(2)14-25(30)31)28-26(32)33-16-23-21-12-7-5-10-19(21)20-11-6-8-13-22(20)23/h5-8,10-13,17-18,23H,3-4,9,14-16H2,1-2H3,(H,27,29)(H,28,32)(H,30,31)/t17?,18-/m0/s1. The van der Waals surface area contributed by atoms with Gasteiger partial charge in [0.2, 0.25) is 5.91 Å². The lowest BCUT2D eigenvalue weighted by Gasteiger charge is -2.20. The number of ether oxygens (including phenoxy) is 1. The van der Waals surface area contributed by atoms with E-state index in [9.17, 15) is 14.4 Å². The van der Waals surface area contributed by atoms with Crippen LogP contribution in [-0.2, 0) is 14.3 Å². The van der Waals surface area contributed by atoms with Crippen LogP contribution in [0.1, 0.15) is 63.0 Å². The first-order chi connectivity index (χ1) is 15.9. The number of alkyl carbamates (subject to hydrolysis) is 1. The van der Waals surface area contributed by atoms with Crippen molar-refractivity contribution >= 4 is 18.0 Å². The highest BCUT2D eigenvalue weighted by Crippen LogP contribution is 2.44. The molecule has 0 saturated carbocycles. The largest absolute Gasteiger partial charge is 0.481 e. The Bertz CT molecular complexity index is 945. The SMILES string of the molecule is CCCC[C@@H](CC(=O)NC(C)CC(=O)O)NC(=O)OCC1c2ccccc2-c2ccccc21. The van der Waals surface area contributed by atoms with E-state index in [2.05, 4.69) is 34.9 Å². The number of unbranched alkanes of at least 4 members (excludes halogenated alkanes) is 1. The summed E-state index contributed by atoms with van der Waals surface area (Å²) >= 11 is 0. The van der Waals surface area contributed by atoms with E-state index in [1.54, 1.807) is 6.92 Å². The highest BCUT2D eigenvalue weighted by atomic mass is 16.5. The number of hydrogen-bond donors (Lipinski definition) is 3. The van der Waals surface area contributed by atoms with Crippen molar-refractivity contribution in [1.29, 1.82) is 0 Å². The average Bonchev–Trinajstić information content (AvgIpc) is 3.09. The van der Waals surface area contributed by atoms with Crippen molar-refractivity contribution in [2.75, 3.05) is 6.61 Å². The molecule has 2 aromatic carbocycles. The summed E-state index contributed by atoms with van der Waals surface area (Å²) in [6, 6.07) is 15.4. The smallest absolute Gasteiger partial charge is 0.407 e. The van der Waals surface area contributed by atoms with Crippen LogP contribution in [0.3, 0.4) is 0 Å². The second-order valence-electron chi connectivity index (χ2n) is 8.58. The van der Waals surface area contributed by atoms with Crippen LogP contribution in [-0.4, -0.2) is 41.8 Å². The molecule has 7 heteroatoms. The number of hydrogen-bond acceptors (Lipinski definition) is 4. The van der Waals surface area contributed by atoms with Crippen LogP contribution < -0.4 is 10.6 Å². The number of aliphatic carboxylic acids is 1. The molecule has 0 aromatic heterocycles. The Kier molecular flexibility index (Phi) is 8.46. The summed E-state index contributed by atoms with van der Waals surface area (Å²) in [6.45, 7) is 3.90. The van der Waals surface area contributed by atoms with E-state index >= 15 is 0 Å². The quantitative estimate of drug-likeness (QED) is 0.467. The van der Waals surface area contributed by atoms with E-state index < -0.39 is 18.1 Å². The molecule has 0 bridgehead atoms. The summed E-state index contributed by atoms with van der Waals surface area (Å²) in [5, 5.41) is 14.4. The lowest BCUT2D eigenvalue weighted by molar-refractivity contribution is -0.137. The van der Waals surface area contributed by atoms with Gasteiger partial charge in [0.25, 0.3) is 0 Å². The van der Waals surface area contributed by atoms with Crippen LogP contribution >= 0.6 is 0 Å². The van der Waals surface area contributed by atoms with Gasteiger partial charge in [0, 0.05) is 24.4 Å². The molecule has 176 valence electrons. The molecule has 0 spiro atoms. The molecular formula is C26H32N2O5. The van der Waals surface area contributed by atoms with Crippen LogP contribution in [0.25, 0.3) is 11.1 Å². The molecule has 1 unspecified atom stereocenters. The van der Waals surface area contributed by atoms with Gasteiger partial charge in [0.1, 0.15) is 6.61 Å². The average molecular weight is 453 g/mol. The Hall–Kier alpha value is -3.35. The number of nitrogens with one attached hydrogen (secondary N) is 2. The number of benzene rings is 2. The van der Waals surface area contributed by atoms with E-state index in [1.807, 2.05) is 31.2 Å². The third-order valence-electron chi connectivity index (χ3n) is 5.89. The summed E-state index contributed by atoms with van der Waals surface area (Å²) in [5.74, 6) is -1.29. The van der Waals surface area contributed by atoms with Gasteiger partial charge in [0.05, 0.1) is 6.42 Å². The van der Waals surface area contributed by atoms with Crippen LogP contribution in [0, 0.1) is 0 Å². The Morgan fingerprint density at radius 3 is 2.15 bits per heavy atom. The Morgan fingerprint density at radius 2 is 1.58 bits per heavy atom. The fourth-order valence-corrected chi connectivity index (χ4v) is 4.35. The zero-order valence-electron chi connectivity index (χ0n) is 19.2. The second-order valence-corrected chi connectivity index (χ2v) is 8.58. The normalized spacial score (nSPS) is 14.0. The predicted octanol–water partition coefficient (Wildman–Crippen LogP) is 4.45. The van der Waals surface area contributed by atoms with Crippen molar-refractivity contribution in [3.05, 3.63) is 59.7 Å². The van der Waals surface area contributed by atoms with E-state index in [1.165, 1.54) is 0 Å². The number of fused-ring (bicyclic) bond motifs is 3. The third kappa shape index (κ3) is 6.57. The summed E-state index contributed by atoms with van der Waals surface area (Å²) in [4.78, 5) is 35.7. The minimum atomic E-state index is -0.970. The fourth-order valence-electron chi connectivity index (χ4n) is 4.35. The first-order valence-corrected chi connectivity index (χ1v) is 11.5. The van der Waals surface area contributed by atoms with E-state index in [-0.39, 0.29) is 37.3 Å². The molecule has 2 aromatic rings. The predicted molar refractivity (Wildman–Crippen MR) is 126 cm³/mol. The van der Waals surface area contributed by atoms with Crippen LogP contribution in [0.15, 0.2) is 48.5 Å². The molecule has 3 rings (SSSR count). The van der Waals surface area contributed by atoms with Gasteiger partial charge in [-0.3, -0.25) is 9.59 Å². The molecule has 0 heterocycles. The van der Waals surface area contributed by atoms with E-state index in [0.29, 0.717) is 6.42 Å². The number of rotatable bonds is 11. The van der Waals surface area contributed by atoms with E-state index in [0.717, 1.165) is 35.1 Å². The summed E-state index contributed by atoms with van der Waals surface area (Å²) < 4.78 is 5.61. The van der Waals surface area contributed by atoms with Crippen molar-refractivity contribution in [3.8, 4) is 11.1 Å². The molecule has 1 aliphatic carbocycles. The maximum Gasteiger partial charge on any atom is 0.407 e. The first-order valence-electron chi connectivity index (χ1n) is 11.5. The third-order valence-corrected chi connectivity index (χ3v) is 5.89. The van der Waals surface area contributed by atoms with Gasteiger partial charge in [0.15, 0.2) is 0 Å². The van der Waals surface area contributed by atoms with Crippen molar-refractivity contribution in [1.82, 2.24) is 10.6 Å². The fraction of sp³-hybridized carbons (Fsp3) is 0.423. The topological polar surface area (TPSA) is 105 Å². The molecular weight excluding hydrogens is 420 g/mol. The molecule has 0 aliphatic heterocycles. The highest BCUT2D eigenvalue weighted by molar-refractivity contribution is 5.80. The van der Waals surface area contributed by atoms with Crippen LogP contribution in [0.5, 0.6) is 0 Å². The lowest BCUT2D eigenvalue weighted by atomic mass is 9.98. The maximum atomic E-state index is 12.6. The minimum Gasteiger partial charge on any atom is -0.481 e. The van der Waals surface area contributed by atoms with Crippen molar-refractivity contribution in [2.45, 2.75) is 64.0 Å². The van der Waals surface area contributed by atoms with Crippen molar-refractivity contribution < 1.29 is 24.2 Å². The molecule has 33 heavy (non-hydrogen) atoms.